The SMILES string of the molecule is COC(=O)[C@H]1CCCN1C(=O)[C@@H]1C[C@@H](NC(=O)c2snnc2C)CCN1C(=O)CSCC(=O)O. The number of hydrogen-bond acceptors (Lipinski definition) is 10. The minimum atomic E-state index is -1.03. The maximum absolute atomic E-state index is 13.5. The summed E-state index contributed by atoms with van der Waals surface area (Å²) < 4.78 is 8.61. The normalized spacial score (nSPS) is 22.4. The summed E-state index contributed by atoms with van der Waals surface area (Å²) in [6, 6.07) is -1.97. The number of aliphatic carboxylic acids is 1. The van der Waals surface area contributed by atoms with Gasteiger partial charge in [0.1, 0.15) is 17.0 Å². The number of aryl methyl sites for hydroxylation is 1. The number of carboxylic acids is 1. The van der Waals surface area contributed by atoms with Gasteiger partial charge in [0.25, 0.3) is 5.91 Å². The van der Waals surface area contributed by atoms with E-state index in [-0.39, 0.29) is 48.2 Å². The fourth-order valence-electron chi connectivity index (χ4n) is 4.23. The molecule has 0 aliphatic carbocycles. The number of rotatable bonds is 8. The van der Waals surface area contributed by atoms with E-state index in [9.17, 15) is 24.0 Å². The second-order valence-corrected chi connectivity index (χ2v) is 9.82. The lowest BCUT2D eigenvalue weighted by Gasteiger charge is -2.41. The van der Waals surface area contributed by atoms with E-state index < -0.39 is 24.0 Å². The van der Waals surface area contributed by atoms with Crippen LogP contribution in [0, 0.1) is 6.92 Å². The van der Waals surface area contributed by atoms with Crippen LogP contribution in [0.2, 0.25) is 0 Å². The molecule has 2 saturated heterocycles. The standard InChI is InChI=1S/C20H27N5O7S2/c1-11-17(34-23-22-11)18(29)21-12-5-7-24(15(26)9-33-10-16(27)28)14(8-12)19(30)25-6-3-4-13(25)20(31)32-2/h12-14H,3-10H2,1-2H3,(H,21,29)(H,27,28)/t12-,13+,14-/m0/s1. The lowest BCUT2D eigenvalue weighted by Crippen LogP contribution is -2.59. The highest BCUT2D eigenvalue weighted by Gasteiger charge is 2.43. The van der Waals surface area contributed by atoms with E-state index in [0.717, 1.165) is 23.3 Å². The van der Waals surface area contributed by atoms with E-state index in [4.69, 9.17) is 9.84 Å². The maximum atomic E-state index is 13.5. The largest absolute Gasteiger partial charge is 0.481 e. The first-order valence-electron chi connectivity index (χ1n) is 10.8. The highest BCUT2D eigenvalue weighted by atomic mass is 32.2. The van der Waals surface area contributed by atoms with Crippen LogP contribution in [-0.4, -0.2) is 104 Å². The molecule has 186 valence electrons. The molecule has 1 aromatic rings. The Hall–Kier alpha value is -2.74. The monoisotopic (exact) mass is 513 g/mol. The molecule has 0 unspecified atom stereocenters. The molecule has 3 rings (SSSR count). The van der Waals surface area contributed by atoms with Crippen LogP contribution in [0.5, 0.6) is 0 Å². The van der Waals surface area contributed by atoms with Crippen molar-refractivity contribution in [2.45, 2.75) is 50.7 Å². The molecule has 14 heteroatoms. The van der Waals surface area contributed by atoms with Crippen molar-refractivity contribution >= 4 is 53.0 Å². The van der Waals surface area contributed by atoms with Crippen LogP contribution in [0.3, 0.4) is 0 Å². The summed E-state index contributed by atoms with van der Waals surface area (Å²) in [5.41, 5.74) is 0.510. The highest BCUT2D eigenvalue weighted by molar-refractivity contribution is 8.00. The summed E-state index contributed by atoms with van der Waals surface area (Å²) in [5, 5.41) is 15.6. The van der Waals surface area contributed by atoms with Gasteiger partial charge in [-0.3, -0.25) is 19.2 Å². The Bertz CT molecular complexity index is 955. The number of carboxylic acid groups (broad SMARTS) is 1. The lowest BCUT2D eigenvalue weighted by atomic mass is 9.95. The first kappa shape index (κ1) is 25.9. The molecule has 0 spiro atoms. The lowest BCUT2D eigenvalue weighted by molar-refractivity contribution is -0.155. The molecule has 34 heavy (non-hydrogen) atoms. The molecule has 1 aromatic heterocycles. The van der Waals surface area contributed by atoms with Gasteiger partial charge >= 0.3 is 11.9 Å². The van der Waals surface area contributed by atoms with Gasteiger partial charge in [-0.1, -0.05) is 4.49 Å². The van der Waals surface area contributed by atoms with Crippen molar-refractivity contribution in [2.24, 2.45) is 0 Å². The number of nitrogens with zero attached hydrogens (tertiary/aromatic N) is 4. The summed E-state index contributed by atoms with van der Waals surface area (Å²) in [7, 11) is 1.27. The van der Waals surface area contributed by atoms with Crippen molar-refractivity contribution < 1.29 is 33.8 Å². The number of carbonyl (C=O) groups excluding carboxylic acids is 4. The second kappa shape index (κ2) is 11.6. The van der Waals surface area contributed by atoms with E-state index in [1.54, 1.807) is 6.92 Å². The Morgan fingerprint density at radius 1 is 1.15 bits per heavy atom. The fraction of sp³-hybridized carbons (Fsp3) is 0.650. The number of thioether (sulfide) groups is 1. The number of piperidine rings is 1. The average molecular weight is 514 g/mol. The van der Waals surface area contributed by atoms with Gasteiger partial charge in [-0.2, -0.15) is 0 Å². The number of carbonyl (C=O) groups is 5. The predicted octanol–water partition coefficient (Wildman–Crippen LogP) is -0.0823. The molecule has 2 fully saturated rings. The summed E-state index contributed by atoms with van der Waals surface area (Å²) >= 11 is 1.94. The number of esters is 1. The van der Waals surface area contributed by atoms with Crippen molar-refractivity contribution in [1.82, 2.24) is 24.7 Å². The summed E-state index contributed by atoms with van der Waals surface area (Å²) in [6.45, 7) is 2.26. The number of amides is 3. The first-order valence-corrected chi connectivity index (χ1v) is 12.7. The Morgan fingerprint density at radius 2 is 1.91 bits per heavy atom. The zero-order chi connectivity index (χ0) is 24.8. The number of hydrogen-bond donors (Lipinski definition) is 2. The molecule has 0 bridgehead atoms. The van der Waals surface area contributed by atoms with Gasteiger partial charge in [0.05, 0.1) is 24.3 Å². The molecule has 12 nitrogen and oxygen atoms in total. The minimum Gasteiger partial charge on any atom is -0.481 e. The summed E-state index contributed by atoms with van der Waals surface area (Å²) in [4.78, 5) is 65.3. The van der Waals surface area contributed by atoms with Gasteiger partial charge in [0, 0.05) is 19.1 Å². The Kier molecular flexibility index (Phi) is 8.83. The van der Waals surface area contributed by atoms with E-state index in [0.29, 0.717) is 36.4 Å². The Balaban J connectivity index is 1.76. The van der Waals surface area contributed by atoms with Gasteiger partial charge in [-0.05, 0) is 44.1 Å². The van der Waals surface area contributed by atoms with Crippen LogP contribution in [0.4, 0.5) is 0 Å². The van der Waals surface area contributed by atoms with Crippen LogP contribution < -0.4 is 5.32 Å². The topological polar surface area (TPSA) is 159 Å². The van der Waals surface area contributed by atoms with Crippen molar-refractivity contribution in [1.29, 1.82) is 0 Å². The number of nitrogens with one attached hydrogen (secondary N) is 1. The van der Waals surface area contributed by atoms with E-state index in [1.165, 1.54) is 16.9 Å². The number of likely N-dealkylation sites (tertiary alicyclic amines) is 2. The maximum Gasteiger partial charge on any atom is 0.328 e. The summed E-state index contributed by atoms with van der Waals surface area (Å²) in [5.74, 6) is -2.92. The summed E-state index contributed by atoms with van der Waals surface area (Å²) in [6.07, 6.45) is 1.72. The fourth-order valence-corrected chi connectivity index (χ4v) is 5.41. The van der Waals surface area contributed by atoms with Crippen LogP contribution in [0.15, 0.2) is 0 Å². The predicted molar refractivity (Wildman–Crippen MR) is 122 cm³/mol. The zero-order valence-corrected chi connectivity index (χ0v) is 20.5. The van der Waals surface area contributed by atoms with E-state index in [1.807, 2.05) is 0 Å². The van der Waals surface area contributed by atoms with E-state index >= 15 is 0 Å². The quantitative estimate of drug-likeness (QED) is 0.450. The Labute approximate surface area is 204 Å². The zero-order valence-electron chi connectivity index (χ0n) is 18.9. The van der Waals surface area contributed by atoms with Crippen LogP contribution in [0.1, 0.15) is 41.0 Å². The number of methoxy groups -OCH3 is 1. The highest BCUT2D eigenvalue weighted by Crippen LogP contribution is 2.26. The van der Waals surface area contributed by atoms with Gasteiger partial charge in [-0.15, -0.1) is 16.9 Å². The molecule has 0 radical (unpaired) electrons. The molecule has 0 saturated carbocycles. The van der Waals surface area contributed by atoms with Crippen LogP contribution >= 0.6 is 23.3 Å². The average Bonchev–Trinajstić information content (AvgIpc) is 3.46. The number of aromatic nitrogens is 2. The molecule has 2 N–H and O–H groups in total. The second-order valence-electron chi connectivity index (χ2n) is 8.08. The van der Waals surface area contributed by atoms with Crippen molar-refractivity contribution in [3.8, 4) is 0 Å². The van der Waals surface area contributed by atoms with Crippen molar-refractivity contribution in [3.05, 3.63) is 10.6 Å². The third-order valence-corrected chi connectivity index (χ3v) is 7.59. The molecule has 2 aliphatic rings. The molecule has 3 amide bonds. The van der Waals surface area contributed by atoms with Gasteiger partial charge in [0.2, 0.25) is 11.8 Å². The minimum absolute atomic E-state index is 0.0841. The van der Waals surface area contributed by atoms with Gasteiger partial charge in [0.15, 0.2) is 0 Å². The third-order valence-electron chi connectivity index (χ3n) is 5.86. The third kappa shape index (κ3) is 6.03. The molecule has 0 aromatic carbocycles. The Morgan fingerprint density at radius 3 is 2.56 bits per heavy atom. The van der Waals surface area contributed by atoms with Crippen LogP contribution in [-0.2, 0) is 23.9 Å². The van der Waals surface area contributed by atoms with Crippen molar-refractivity contribution in [2.75, 3.05) is 31.7 Å². The van der Waals surface area contributed by atoms with Crippen molar-refractivity contribution in [3.63, 3.8) is 0 Å². The van der Waals surface area contributed by atoms with Crippen LogP contribution in [0.25, 0.3) is 0 Å². The first-order chi connectivity index (χ1) is 16.2. The number of ether oxygens (including phenoxy) is 1. The molecule has 2 aliphatic heterocycles. The van der Waals surface area contributed by atoms with Gasteiger partial charge < -0.3 is 25.0 Å². The molecular weight excluding hydrogens is 486 g/mol. The smallest absolute Gasteiger partial charge is 0.328 e. The molecule has 3 heterocycles. The van der Waals surface area contributed by atoms with E-state index in [2.05, 4.69) is 14.9 Å². The molecular formula is C20H27N5O7S2. The van der Waals surface area contributed by atoms with Gasteiger partial charge in [-0.25, -0.2) is 4.79 Å². The molecule has 3 atom stereocenters.